The van der Waals surface area contributed by atoms with Crippen LogP contribution in [0.3, 0.4) is 0 Å². The van der Waals surface area contributed by atoms with Crippen LogP contribution in [0.15, 0.2) is 53.4 Å². The predicted octanol–water partition coefficient (Wildman–Crippen LogP) is 3.35. The van der Waals surface area contributed by atoms with Crippen molar-refractivity contribution in [2.45, 2.75) is 19.7 Å². The van der Waals surface area contributed by atoms with Gasteiger partial charge in [-0.15, -0.1) is 0 Å². The topological polar surface area (TPSA) is 74.0 Å². The molecular weight excluding hydrogens is 422 g/mol. The van der Waals surface area contributed by atoms with Crippen LogP contribution >= 0.6 is 27.5 Å². The molecule has 0 unspecified atom stereocenters. The number of ether oxygens (including phenoxy) is 1. The number of aryl methyl sites for hydroxylation is 1. The van der Waals surface area contributed by atoms with E-state index in [1.807, 2.05) is 10.9 Å². The normalized spacial score (nSPS) is 10.7. The molecule has 0 saturated carbocycles. The van der Waals surface area contributed by atoms with E-state index < -0.39 is 0 Å². The highest BCUT2D eigenvalue weighted by Gasteiger charge is 2.12. The molecule has 0 spiro atoms. The van der Waals surface area contributed by atoms with Crippen molar-refractivity contribution >= 4 is 33.4 Å². The van der Waals surface area contributed by atoms with Gasteiger partial charge in [0.15, 0.2) is 6.73 Å². The molecule has 2 heterocycles. The summed E-state index contributed by atoms with van der Waals surface area (Å²) in [5.41, 5.74) is 0.445. The van der Waals surface area contributed by atoms with E-state index in [0.717, 1.165) is 17.4 Å². The summed E-state index contributed by atoms with van der Waals surface area (Å²) in [5.74, 6) is 0.463. The minimum atomic E-state index is -0.191. The first kappa shape index (κ1) is 18.5. The Labute approximate surface area is 164 Å². The zero-order valence-electron chi connectivity index (χ0n) is 13.8. The number of hydrogen-bond donors (Lipinski definition) is 1. The van der Waals surface area contributed by atoms with Crippen molar-refractivity contribution < 1.29 is 9.53 Å². The number of halogens is 2. The highest BCUT2D eigenvalue weighted by atomic mass is 79.9. The zero-order valence-corrected chi connectivity index (χ0v) is 16.2. The van der Waals surface area contributed by atoms with Crippen LogP contribution in [0.25, 0.3) is 0 Å². The minimum absolute atomic E-state index is 0.138. The summed E-state index contributed by atoms with van der Waals surface area (Å²) >= 11 is 9.20. The van der Waals surface area contributed by atoms with Gasteiger partial charge in [0.2, 0.25) is 0 Å². The van der Waals surface area contributed by atoms with Crippen LogP contribution < -0.4 is 10.1 Å². The molecule has 0 aliphatic heterocycles. The third-order valence-electron chi connectivity index (χ3n) is 3.57. The smallest absolute Gasteiger partial charge is 0.269 e. The van der Waals surface area contributed by atoms with Crippen molar-refractivity contribution in [2.75, 3.05) is 6.54 Å². The Bertz CT molecular complexity index is 862. The van der Waals surface area contributed by atoms with Gasteiger partial charge in [-0.05, 0) is 52.7 Å². The molecule has 1 aromatic carbocycles. The summed E-state index contributed by atoms with van der Waals surface area (Å²) in [6.07, 6.45) is 5.97. The number of benzene rings is 1. The molecule has 2 aromatic heterocycles. The van der Waals surface area contributed by atoms with Crippen molar-refractivity contribution in [1.29, 1.82) is 0 Å². The maximum atomic E-state index is 12.3. The average molecular weight is 439 g/mol. The number of hydrogen-bond acceptors (Lipinski definition) is 4. The van der Waals surface area contributed by atoms with Gasteiger partial charge in [-0.2, -0.15) is 10.2 Å². The summed E-state index contributed by atoms with van der Waals surface area (Å²) in [5, 5.41) is 11.8. The molecule has 0 aliphatic carbocycles. The van der Waals surface area contributed by atoms with E-state index in [1.165, 1.54) is 4.68 Å². The van der Waals surface area contributed by atoms with Gasteiger partial charge in [0.05, 0.1) is 10.7 Å². The van der Waals surface area contributed by atoms with Crippen LogP contribution in [0.4, 0.5) is 0 Å². The summed E-state index contributed by atoms with van der Waals surface area (Å²) < 4.78 is 9.89. The van der Waals surface area contributed by atoms with Crippen LogP contribution in [0.2, 0.25) is 5.02 Å². The molecule has 1 amide bonds. The Morgan fingerprint density at radius 3 is 2.77 bits per heavy atom. The van der Waals surface area contributed by atoms with Gasteiger partial charge in [-0.25, -0.2) is 4.68 Å². The molecule has 0 bridgehead atoms. The Morgan fingerprint density at radius 2 is 2.04 bits per heavy atom. The molecule has 3 rings (SSSR count). The summed E-state index contributed by atoms with van der Waals surface area (Å²) in [6.45, 7) is 1.41. The Balaban J connectivity index is 1.47. The lowest BCUT2D eigenvalue weighted by Gasteiger charge is -2.10. The monoisotopic (exact) mass is 437 g/mol. The molecule has 7 nitrogen and oxygen atoms in total. The van der Waals surface area contributed by atoms with Gasteiger partial charge in [-0.1, -0.05) is 11.6 Å². The first-order chi connectivity index (χ1) is 12.6. The second-order valence-electron chi connectivity index (χ2n) is 5.47. The Morgan fingerprint density at radius 1 is 1.23 bits per heavy atom. The molecule has 0 saturated heterocycles. The van der Waals surface area contributed by atoms with Crippen molar-refractivity contribution in [3.8, 4) is 5.75 Å². The van der Waals surface area contributed by atoms with Crippen molar-refractivity contribution in [2.24, 2.45) is 0 Å². The second kappa shape index (κ2) is 8.86. The lowest BCUT2D eigenvalue weighted by molar-refractivity contribution is 0.0931. The van der Waals surface area contributed by atoms with E-state index in [2.05, 4.69) is 31.4 Å². The van der Waals surface area contributed by atoms with Gasteiger partial charge in [-0.3, -0.25) is 9.48 Å². The quantitative estimate of drug-likeness (QED) is 0.547. The molecule has 3 aromatic rings. The van der Waals surface area contributed by atoms with Crippen LogP contribution in [0.5, 0.6) is 5.75 Å². The number of rotatable bonds is 8. The fraction of sp³-hybridized carbons (Fsp3) is 0.235. The highest BCUT2D eigenvalue weighted by molar-refractivity contribution is 9.10. The number of aromatic nitrogens is 4. The number of carbonyl (C=O) groups excluding carboxylic acids is 1. The largest absolute Gasteiger partial charge is 0.471 e. The molecule has 136 valence electrons. The predicted molar refractivity (Wildman–Crippen MR) is 101 cm³/mol. The van der Waals surface area contributed by atoms with E-state index in [9.17, 15) is 4.79 Å². The Hall–Kier alpha value is -2.32. The third-order valence-corrected chi connectivity index (χ3v) is 4.23. The van der Waals surface area contributed by atoms with Crippen molar-refractivity contribution in [3.05, 3.63) is 64.1 Å². The molecule has 1 N–H and O–H groups in total. The fourth-order valence-electron chi connectivity index (χ4n) is 2.29. The second-order valence-corrected chi connectivity index (χ2v) is 6.83. The van der Waals surface area contributed by atoms with Crippen LogP contribution in [-0.4, -0.2) is 32.0 Å². The van der Waals surface area contributed by atoms with Gasteiger partial charge in [0.25, 0.3) is 5.91 Å². The number of nitrogens with one attached hydrogen (secondary N) is 1. The van der Waals surface area contributed by atoms with Gasteiger partial charge >= 0.3 is 0 Å². The van der Waals surface area contributed by atoms with E-state index in [4.69, 9.17) is 16.3 Å². The first-order valence-corrected chi connectivity index (χ1v) is 9.15. The van der Waals surface area contributed by atoms with Gasteiger partial charge in [0.1, 0.15) is 11.4 Å². The summed E-state index contributed by atoms with van der Waals surface area (Å²) in [4.78, 5) is 12.3. The number of carbonyl (C=O) groups is 1. The lowest BCUT2D eigenvalue weighted by Crippen LogP contribution is -2.28. The fourth-order valence-corrected chi connectivity index (χ4v) is 2.74. The Kier molecular flexibility index (Phi) is 6.30. The highest BCUT2D eigenvalue weighted by Crippen LogP contribution is 2.16. The van der Waals surface area contributed by atoms with Gasteiger partial charge < -0.3 is 10.1 Å². The standard InChI is InChI=1S/C17H17BrClN5O2/c18-13-10-22-23(11-13)9-1-7-20-17(25)16-6-8-21-24(16)12-26-15-4-2-14(19)3-5-15/h2-6,8,10-11H,1,7,9,12H2,(H,20,25). The molecule has 26 heavy (non-hydrogen) atoms. The zero-order chi connectivity index (χ0) is 18.4. The van der Waals surface area contributed by atoms with Crippen LogP contribution in [0, 0.1) is 0 Å². The summed E-state index contributed by atoms with van der Waals surface area (Å²) in [6, 6.07) is 8.67. The maximum absolute atomic E-state index is 12.3. The summed E-state index contributed by atoms with van der Waals surface area (Å²) in [7, 11) is 0. The first-order valence-electron chi connectivity index (χ1n) is 7.98. The molecule has 9 heteroatoms. The van der Waals surface area contributed by atoms with Gasteiger partial charge in [0, 0.05) is 30.5 Å². The molecule has 0 aliphatic rings. The van der Waals surface area contributed by atoms with Crippen LogP contribution in [-0.2, 0) is 13.3 Å². The van der Waals surface area contributed by atoms with Crippen molar-refractivity contribution in [1.82, 2.24) is 24.9 Å². The van der Waals surface area contributed by atoms with E-state index >= 15 is 0 Å². The van der Waals surface area contributed by atoms with E-state index in [-0.39, 0.29) is 12.6 Å². The molecular formula is C17H17BrClN5O2. The lowest BCUT2D eigenvalue weighted by atomic mass is 10.3. The average Bonchev–Trinajstić information content (AvgIpc) is 3.27. The number of amides is 1. The van der Waals surface area contributed by atoms with Crippen molar-refractivity contribution in [3.63, 3.8) is 0 Å². The third kappa shape index (κ3) is 5.09. The van der Waals surface area contributed by atoms with Crippen LogP contribution in [0.1, 0.15) is 16.9 Å². The van der Waals surface area contributed by atoms with E-state index in [1.54, 1.807) is 42.7 Å². The maximum Gasteiger partial charge on any atom is 0.269 e. The van der Waals surface area contributed by atoms with E-state index in [0.29, 0.717) is 23.0 Å². The molecule has 0 fully saturated rings. The molecule has 0 radical (unpaired) electrons. The minimum Gasteiger partial charge on any atom is -0.471 e. The molecule has 0 atom stereocenters. The number of nitrogens with zero attached hydrogens (tertiary/aromatic N) is 4. The SMILES string of the molecule is O=C(NCCCn1cc(Br)cn1)c1ccnn1COc1ccc(Cl)cc1.